The molecule has 0 fully saturated rings. The summed E-state index contributed by atoms with van der Waals surface area (Å²) in [7, 11) is 0. The smallest absolute Gasteiger partial charge is 0.144 e. The van der Waals surface area contributed by atoms with E-state index in [1.165, 1.54) is 0 Å². The normalized spacial score (nSPS) is 15.8. The highest BCUT2D eigenvalue weighted by atomic mass is 127. The molecule has 0 aliphatic rings. The van der Waals surface area contributed by atoms with Gasteiger partial charge >= 0.3 is 0 Å². The van der Waals surface area contributed by atoms with Crippen LogP contribution in [0.3, 0.4) is 0 Å². The molecule has 0 aliphatic carbocycles. The van der Waals surface area contributed by atoms with Crippen LogP contribution in [0.15, 0.2) is 0 Å². The maximum atomic E-state index is 9.40. The van der Waals surface area contributed by atoms with Crippen molar-refractivity contribution < 1.29 is 5.11 Å². The molecule has 0 amide bonds. The molecule has 4 heavy (non-hydrogen) atoms. The van der Waals surface area contributed by atoms with Crippen molar-refractivity contribution in [1.82, 2.24) is 0 Å². The lowest BCUT2D eigenvalue weighted by Crippen LogP contribution is -1.75. The van der Waals surface area contributed by atoms with Gasteiger partial charge in [-0.05, 0) is 29.5 Å². The Morgan fingerprint density at radius 3 is 2.00 bits per heavy atom. The fraction of sp³-hybridized carbons (Fsp3) is 0.500. The second kappa shape index (κ2) is 1.96. The van der Waals surface area contributed by atoms with Crippen molar-refractivity contribution in [2.75, 3.05) is 0 Å². The Bertz CT molecular complexity index is 10.8. The molecule has 0 aliphatic heterocycles. The third-order valence-electron chi connectivity index (χ3n) is 0. The summed E-state index contributed by atoms with van der Waals surface area (Å²) in [6.45, 7) is 3.07. The predicted molar refractivity (Wildman–Crippen MR) is 23.9 cm³/mol. The fourth-order valence-electron chi connectivity index (χ4n) is 0. The first kappa shape index (κ1) is 4.69. The summed E-state index contributed by atoms with van der Waals surface area (Å²) in [6, 6.07) is 0. The maximum absolute atomic E-state index is 9.40. The van der Waals surface area contributed by atoms with Gasteiger partial charge in [-0.2, -0.15) is 0 Å². The molecule has 0 bridgehead atoms. The molecule has 0 aromatic rings. The van der Waals surface area contributed by atoms with Crippen LogP contribution in [-0.2, 0) is 5.11 Å². The van der Waals surface area contributed by atoms with Gasteiger partial charge in [0.25, 0.3) is 0 Å². The van der Waals surface area contributed by atoms with Gasteiger partial charge in [0.05, 0.1) is 0 Å². The van der Waals surface area contributed by atoms with E-state index in [0.29, 0.717) is 0 Å². The lowest BCUT2D eigenvalue weighted by molar-refractivity contribution is 0.214. The summed E-state index contributed by atoms with van der Waals surface area (Å²) in [5.74, 6) is 0. The Morgan fingerprint density at radius 1 is 2.00 bits per heavy atom. The van der Waals surface area contributed by atoms with E-state index in [-0.39, 0.29) is 0 Å². The van der Waals surface area contributed by atoms with Crippen LogP contribution in [0, 0.1) is 6.92 Å². The minimum absolute atomic E-state index is 0.697. The Balaban J connectivity index is 2.32. The topological polar surface area (TPSA) is 19.9 Å². The van der Waals surface area contributed by atoms with Crippen LogP contribution in [0.5, 0.6) is 0 Å². The Hall–Kier alpha value is 0.690. The second-order valence-corrected chi connectivity index (χ2v) is 1.80. The zero-order chi connectivity index (χ0) is 3.58. The molecule has 0 heterocycles. The lowest BCUT2D eigenvalue weighted by Gasteiger charge is -1.71. The molecule has 1 atom stereocenters. The van der Waals surface area contributed by atoms with Gasteiger partial charge < -0.3 is 0 Å². The van der Waals surface area contributed by atoms with E-state index in [1.807, 2.05) is 0 Å². The molecule has 0 N–H and O–H groups in total. The van der Waals surface area contributed by atoms with E-state index in [4.69, 9.17) is 0 Å². The van der Waals surface area contributed by atoms with Gasteiger partial charge in [-0.3, -0.25) is 0 Å². The highest BCUT2D eigenvalue weighted by Gasteiger charge is 1.76. The molecule has 0 saturated carbocycles. The third-order valence-corrected chi connectivity index (χ3v) is 0. The first-order chi connectivity index (χ1) is 1.73. The summed E-state index contributed by atoms with van der Waals surface area (Å²) in [5, 5.41) is 9.40. The minimum atomic E-state index is -0.697. The predicted octanol–water partition coefficient (Wildman–Crippen LogP) is 1.01. The minimum Gasteiger partial charge on any atom is -0.222 e. The number of alkyl halides is 1. The molecule has 0 rings (SSSR count). The van der Waals surface area contributed by atoms with Crippen LogP contribution >= 0.6 is 22.6 Å². The van der Waals surface area contributed by atoms with Crippen molar-refractivity contribution in [3.8, 4) is 0 Å². The van der Waals surface area contributed by atoms with Crippen LogP contribution < -0.4 is 0 Å². The number of rotatable bonds is 0. The van der Waals surface area contributed by atoms with Gasteiger partial charge in [0, 0.05) is 0 Å². The van der Waals surface area contributed by atoms with Crippen molar-refractivity contribution >= 4 is 22.6 Å². The van der Waals surface area contributed by atoms with Crippen molar-refractivity contribution in [3.05, 3.63) is 6.92 Å². The molecule has 1 nitrogen and oxygen atoms in total. The van der Waals surface area contributed by atoms with Crippen LogP contribution in [0.4, 0.5) is 0 Å². The number of hydrogen-bond donors (Lipinski definition) is 0. The second-order valence-electron chi connectivity index (χ2n) is 0.410. The van der Waals surface area contributed by atoms with Crippen molar-refractivity contribution in [3.63, 3.8) is 0 Å². The van der Waals surface area contributed by atoms with Crippen LogP contribution in [-0.4, -0.2) is 4.11 Å². The van der Waals surface area contributed by atoms with E-state index in [9.17, 15) is 5.11 Å². The van der Waals surface area contributed by atoms with Crippen LogP contribution in [0.25, 0.3) is 0 Å². The SMILES string of the molecule is [CH2]C([O])I. The standard InChI is InChI=1S/C2H3IO/c1-2(3)4/h2H,1H2. The average Bonchev–Trinajstić information content (AvgIpc) is 0.811. The van der Waals surface area contributed by atoms with Gasteiger partial charge in [0.1, 0.15) is 4.11 Å². The number of hydrogen-bond acceptors (Lipinski definition) is 0. The molecule has 0 saturated heterocycles. The first-order valence-electron chi connectivity index (χ1n) is 0.862. The fourth-order valence-corrected chi connectivity index (χ4v) is 0. The molecular formula is C2H3IO. The molecule has 2 heteroatoms. The monoisotopic (exact) mass is 170 g/mol. The van der Waals surface area contributed by atoms with Crippen molar-refractivity contribution in [1.29, 1.82) is 0 Å². The summed E-state index contributed by atoms with van der Waals surface area (Å²) in [5.41, 5.74) is 0. The van der Waals surface area contributed by atoms with E-state index in [1.54, 1.807) is 22.6 Å². The molecule has 1 unspecified atom stereocenters. The Morgan fingerprint density at radius 2 is 2.00 bits per heavy atom. The third kappa shape index (κ3) is 16.1. The summed E-state index contributed by atoms with van der Waals surface area (Å²) in [4.78, 5) is 0. The van der Waals surface area contributed by atoms with Crippen LogP contribution in [0.2, 0.25) is 0 Å². The van der Waals surface area contributed by atoms with Crippen molar-refractivity contribution in [2.24, 2.45) is 0 Å². The van der Waals surface area contributed by atoms with E-state index in [0.717, 1.165) is 0 Å². The van der Waals surface area contributed by atoms with Crippen molar-refractivity contribution in [2.45, 2.75) is 4.11 Å². The zero-order valence-corrected chi connectivity index (χ0v) is 4.23. The van der Waals surface area contributed by atoms with E-state index in [2.05, 4.69) is 6.92 Å². The zero-order valence-electron chi connectivity index (χ0n) is 2.07. The van der Waals surface area contributed by atoms with Gasteiger partial charge in [-0.1, -0.05) is 0 Å². The maximum Gasteiger partial charge on any atom is 0.144 e. The summed E-state index contributed by atoms with van der Waals surface area (Å²) in [6.07, 6.45) is 0. The molecule has 0 aromatic carbocycles. The Labute approximate surface area is 39.2 Å². The molecular weight excluding hydrogens is 167 g/mol. The Kier molecular flexibility index (Phi) is 2.30. The first-order valence-corrected chi connectivity index (χ1v) is 2.11. The average molecular weight is 170 g/mol. The molecule has 0 spiro atoms. The highest BCUT2D eigenvalue weighted by molar-refractivity contribution is 14.1. The van der Waals surface area contributed by atoms with Gasteiger partial charge in [-0.15, -0.1) is 0 Å². The summed E-state index contributed by atoms with van der Waals surface area (Å²) >= 11 is 1.68. The summed E-state index contributed by atoms with van der Waals surface area (Å²) < 4.78 is -0.697. The van der Waals surface area contributed by atoms with Gasteiger partial charge in [-0.25, -0.2) is 5.11 Å². The molecule has 24 valence electrons. The number of halogens is 1. The highest BCUT2D eigenvalue weighted by Crippen LogP contribution is 1.87. The largest absolute Gasteiger partial charge is 0.222 e. The molecule has 0 aromatic heterocycles. The lowest BCUT2D eigenvalue weighted by atomic mass is 10.9. The van der Waals surface area contributed by atoms with Gasteiger partial charge in [0.15, 0.2) is 0 Å². The van der Waals surface area contributed by atoms with Crippen LogP contribution in [0.1, 0.15) is 0 Å². The van der Waals surface area contributed by atoms with Gasteiger partial charge in [0.2, 0.25) is 0 Å². The quantitative estimate of drug-likeness (QED) is 0.382. The molecule has 2 radical (unpaired) electrons. The van der Waals surface area contributed by atoms with E-state index >= 15 is 0 Å². The van der Waals surface area contributed by atoms with E-state index < -0.39 is 4.11 Å².